The maximum Gasteiger partial charge on any atom is 0.253 e. The zero-order valence-electron chi connectivity index (χ0n) is 15.6. The molecule has 1 aromatic carbocycles. The van der Waals surface area contributed by atoms with Crippen molar-refractivity contribution in [3.8, 4) is 0 Å². The summed E-state index contributed by atoms with van der Waals surface area (Å²) in [6, 6.07) is 10.1. The van der Waals surface area contributed by atoms with Gasteiger partial charge in [0, 0.05) is 64.8 Å². The molecule has 1 amide bonds. The number of pyridine rings is 1. The van der Waals surface area contributed by atoms with Crippen molar-refractivity contribution in [3.05, 3.63) is 59.9 Å². The predicted molar refractivity (Wildman–Crippen MR) is 103 cm³/mol. The number of hydrogen-bond acceptors (Lipinski definition) is 5. The van der Waals surface area contributed by atoms with E-state index in [0.29, 0.717) is 18.7 Å². The van der Waals surface area contributed by atoms with E-state index < -0.39 is 10.0 Å². The predicted octanol–water partition coefficient (Wildman–Crippen LogP) is 1.29. The van der Waals surface area contributed by atoms with Gasteiger partial charge in [0.05, 0.1) is 4.90 Å². The molecule has 0 bridgehead atoms. The van der Waals surface area contributed by atoms with Crippen molar-refractivity contribution < 1.29 is 13.2 Å². The van der Waals surface area contributed by atoms with Crippen LogP contribution in [0.3, 0.4) is 0 Å². The smallest absolute Gasteiger partial charge is 0.253 e. The number of hydrogen-bond donors (Lipinski definition) is 0. The lowest BCUT2D eigenvalue weighted by Crippen LogP contribution is -2.48. The van der Waals surface area contributed by atoms with Gasteiger partial charge >= 0.3 is 0 Å². The van der Waals surface area contributed by atoms with Gasteiger partial charge in [-0.25, -0.2) is 12.7 Å². The minimum atomic E-state index is -3.48. The van der Waals surface area contributed by atoms with Crippen molar-refractivity contribution in [1.82, 2.24) is 19.1 Å². The summed E-state index contributed by atoms with van der Waals surface area (Å²) in [5.74, 6) is -0.0650. The zero-order chi connectivity index (χ0) is 19.4. The maximum atomic E-state index is 12.7. The fourth-order valence-electron chi connectivity index (χ4n) is 3.02. The fourth-order valence-corrected chi connectivity index (χ4v) is 3.92. The first kappa shape index (κ1) is 19.5. The zero-order valence-corrected chi connectivity index (χ0v) is 16.4. The lowest BCUT2D eigenvalue weighted by atomic mass is 10.1. The second-order valence-electron chi connectivity index (χ2n) is 6.74. The van der Waals surface area contributed by atoms with Crippen LogP contribution in [0.2, 0.25) is 0 Å². The van der Waals surface area contributed by atoms with Crippen molar-refractivity contribution in [2.75, 3.05) is 40.3 Å². The molecule has 1 saturated heterocycles. The third-order valence-electron chi connectivity index (χ3n) is 4.67. The third-order valence-corrected chi connectivity index (χ3v) is 6.50. The van der Waals surface area contributed by atoms with Gasteiger partial charge in [0.25, 0.3) is 5.91 Å². The Morgan fingerprint density at radius 2 is 1.74 bits per heavy atom. The topological polar surface area (TPSA) is 73.8 Å². The Balaban J connectivity index is 1.59. The molecule has 1 fully saturated rings. The van der Waals surface area contributed by atoms with E-state index in [4.69, 9.17) is 0 Å². The summed E-state index contributed by atoms with van der Waals surface area (Å²) in [5.41, 5.74) is 1.67. The Morgan fingerprint density at radius 1 is 1.07 bits per heavy atom. The molecular formula is C19H24N4O3S. The van der Waals surface area contributed by atoms with E-state index in [2.05, 4.69) is 9.88 Å². The fraction of sp³-hybridized carbons (Fsp3) is 0.368. The van der Waals surface area contributed by atoms with Gasteiger partial charge in [-0.3, -0.25) is 14.7 Å². The first-order chi connectivity index (χ1) is 12.9. The molecule has 1 aromatic heterocycles. The van der Waals surface area contributed by atoms with Crippen LogP contribution in [0, 0.1) is 0 Å². The number of rotatable bonds is 5. The molecule has 8 heteroatoms. The van der Waals surface area contributed by atoms with Crippen molar-refractivity contribution in [3.63, 3.8) is 0 Å². The number of benzene rings is 1. The number of nitrogens with zero attached hydrogens (tertiary/aromatic N) is 4. The van der Waals surface area contributed by atoms with Crippen LogP contribution in [0.1, 0.15) is 15.9 Å². The van der Waals surface area contributed by atoms with Crippen LogP contribution in [-0.2, 0) is 16.6 Å². The summed E-state index contributed by atoms with van der Waals surface area (Å²) in [4.78, 5) is 21.1. The minimum absolute atomic E-state index is 0.0650. The number of carbonyl (C=O) groups is 1. The molecule has 27 heavy (non-hydrogen) atoms. The molecule has 2 aromatic rings. The molecular weight excluding hydrogens is 364 g/mol. The Labute approximate surface area is 160 Å². The molecule has 0 radical (unpaired) electrons. The SMILES string of the molecule is CN(C)S(=O)(=O)c1ccc(C(=O)N2CCN(Cc3cccnc3)CC2)cc1. The van der Waals surface area contributed by atoms with Gasteiger partial charge in [-0.2, -0.15) is 0 Å². The van der Waals surface area contributed by atoms with Gasteiger partial charge in [0.15, 0.2) is 0 Å². The van der Waals surface area contributed by atoms with Gasteiger partial charge in [0.2, 0.25) is 10.0 Å². The number of carbonyl (C=O) groups excluding carboxylic acids is 1. The maximum absolute atomic E-state index is 12.7. The van der Waals surface area contributed by atoms with Gasteiger partial charge in [-0.15, -0.1) is 0 Å². The summed E-state index contributed by atoms with van der Waals surface area (Å²) in [6.07, 6.45) is 3.62. The summed E-state index contributed by atoms with van der Waals surface area (Å²) in [6.45, 7) is 3.72. The quantitative estimate of drug-likeness (QED) is 0.772. The molecule has 0 aliphatic carbocycles. The summed E-state index contributed by atoms with van der Waals surface area (Å²) < 4.78 is 25.4. The van der Waals surface area contributed by atoms with E-state index in [1.54, 1.807) is 18.3 Å². The van der Waals surface area contributed by atoms with Crippen molar-refractivity contribution in [1.29, 1.82) is 0 Å². The normalized spacial score (nSPS) is 15.9. The van der Waals surface area contributed by atoms with Crippen LogP contribution in [0.25, 0.3) is 0 Å². The van der Waals surface area contributed by atoms with Crippen LogP contribution >= 0.6 is 0 Å². The molecule has 1 aliphatic heterocycles. The molecule has 2 heterocycles. The van der Waals surface area contributed by atoms with E-state index in [9.17, 15) is 13.2 Å². The van der Waals surface area contributed by atoms with E-state index in [0.717, 1.165) is 29.5 Å². The van der Waals surface area contributed by atoms with Crippen LogP contribution in [-0.4, -0.2) is 73.7 Å². The lowest BCUT2D eigenvalue weighted by Gasteiger charge is -2.34. The van der Waals surface area contributed by atoms with Gasteiger partial charge < -0.3 is 4.90 Å². The van der Waals surface area contributed by atoms with E-state index >= 15 is 0 Å². The van der Waals surface area contributed by atoms with Gasteiger partial charge in [-0.1, -0.05) is 6.07 Å². The summed E-state index contributed by atoms with van der Waals surface area (Å²) in [7, 11) is -0.514. The molecule has 3 rings (SSSR count). The minimum Gasteiger partial charge on any atom is -0.336 e. The number of piperazine rings is 1. The Hall–Kier alpha value is -2.29. The molecule has 1 aliphatic rings. The first-order valence-electron chi connectivity index (χ1n) is 8.81. The number of aromatic nitrogens is 1. The summed E-state index contributed by atoms with van der Waals surface area (Å²) in [5, 5.41) is 0. The monoisotopic (exact) mass is 388 g/mol. The van der Waals surface area contributed by atoms with Crippen LogP contribution < -0.4 is 0 Å². The van der Waals surface area contributed by atoms with E-state index in [1.807, 2.05) is 23.2 Å². The Kier molecular flexibility index (Phi) is 5.88. The second-order valence-corrected chi connectivity index (χ2v) is 8.89. The lowest BCUT2D eigenvalue weighted by molar-refractivity contribution is 0.0628. The second kappa shape index (κ2) is 8.16. The largest absolute Gasteiger partial charge is 0.336 e. The molecule has 0 spiro atoms. The van der Waals surface area contributed by atoms with Crippen molar-refractivity contribution in [2.45, 2.75) is 11.4 Å². The van der Waals surface area contributed by atoms with Crippen molar-refractivity contribution in [2.24, 2.45) is 0 Å². The van der Waals surface area contributed by atoms with Gasteiger partial charge in [-0.05, 0) is 35.9 Å². The number of sulfonamides is 1. The molecule has 0 saturated carbocycles. The summed E-state index contributed by atoms with van der Waals surface area (Å²) >= 11 is 0. The first-order valence-corrected chi connectivity index (χ1v) is 10.2. The molecule has 0 atom stereocenters. The highest BCUT2D eigenvalue weighted by Gasteiger charge is 2.23. The highest BCUT2D eigenvalue weighted by atomic mass is 32.2. The van der Waals surface area contributed by atoms with Crippen LogP contribution in [0.5, 0.6) is 0 Å². The Morgan fingerprint density at radius 3 is 2.30 bits per heavy atom. The van der Waals surface area contributed by atoms with Crippen LogP contribution in [0.15, 0.2) is 53.7 Å². The highest BCUT2D eigenvalue weighted by molar-refractivity contribution is 7.89. The average Bonchev–Trinajstić information content (AvgIpc) is 2.69. The molecule has 7 nitrogen and oxygen atoms in total. The molecule has 0 unspecified atom stereocenters. The van der Waals surface area contributed by atoms with E-state index in [1.165, 1.54) is 26.2 Å². The highest BCUT2D eigenvalue weighted by Crippen LogP contribution is 2.16. The van der Waals surface area contributed by atoms with E-state index in [-0.39, 0.29) is 10.8 Å². The van der Waals surface area contributed by atoms with Crippen molar-refractivity contribution >= 4 is 15.9 Å². The Bertz CT molecular complexity index is 875. The standard InChI is InChI=1S/C19H24N4O3S/c1-21(2)27(25,26)18-7-5-17(6-8-18)19(24)23-12-10-22(11-13-23)15-16-4-3-9-20-14-16/h3-9,14H,10-13,15H2,1-2H3. The molecule has 144 valence electrons. The molecule has 0 N–H and O–H groups in total. The third kappa shape index (κ3) is 4.52. The van der Waals surface area contributed by atoms with Crippen LogP contribution in [0.4, 0.5) is 0 Å². The van der Waals surface area contributed by atoms with Gasteiger partial charge in [0.1, 0.15) is 0 Å². The number of amides is 1. The average molecular weight is 388 g/mol.